The third kappa shape index (κ3) is 3.37. The first-order valence-electron chi connectivity index (χ1n) is 2.77. The van der Waals surface area contributed by atoms with Crippen molar-refractivity contribution in [3.05, 3.63) is 35.8 Å². The van der Waals surface area contributed by atoms with E-state index in [9.17, 15) is 8.76 Å². The molecule has 0 aromatic heterocycles. The molecule has 0 bridgehead atoms. The normalized spacial score (nSPS) is 15.6. The van der Waals surface area contributed by atoms with Gasteiger partial charge < -0.3 is 4.55 Å². The summed E-state index contributed by atoms with van der Waals surface area (Å²) in [5, 5.41) is 0. The highest BCUT2D eigenvalue weighted by Crippen LogP contribution is 1.99. The smallest absolute Gasteiger partial charge is 0.0242 e. The van der Waals surface area contributed by atoms with Crippen LogP contribution in [-0.4, -0.2) is 8.76 Å². The third-order valence-corrected chi connectivity index (χ3v) is 1.53. The van der Waals surface area contributed by atoms with E-state index in [1.165, 1.54) is 12.2 Å². The van der Waals surface area contributed by atoms with Crippen molar-refractivity contribution >= 4 is 11.1 Å². The Bertz CT molecular complexity index is 192. The molecule has 0 spiro atoms. The molecule has 1 unspecified atom stereocenters. The number of hydrogen-bond donors (Lipinski definition) is 0. The molecule has 0 aliphatic rings. The molecule has 0 aromatic carbocycles. The first kappa shape index (κ1) is 9.33. The summed E-state index contributed by atoms with van der Waals surface area (Å²) in [6.07, 6.45) is 6.17. The molecule has 0 rings (SSSR count). The van der Waals surface area contributed by atoms with Gasteiger partial charge in [0, 0.05) is 4.91 Å². The molecule has 1 atom stereocenters. The van der Waals surface area contributed by atoms with Crippen LogP contribution < -0.4 is 0 Å². The van der Waals surface area contributed by atoms with Crippen LogP contribution in [0.15, 0.2) is 35.8 Å². The molecule has 0 N–H and O–H groups in total. The largest absolute Gasteiger partial charge is 0.768 e. The van der Waals surface area contributed by atoms with Crippen LogP contribution in [0.25, 0.3) is 0 Å². The highest BCUT2D eigenvalue weighted by molar-refractivity contribution is 7.83. The van der Waals surface area contributed by atoms with Gasteiger partial charge in [0.25, 0.3) is 0 Å². The molecule has 10 heavy (non-hydrogen) atoms. The van der Waals surface area contributed by atoms with Crippen LogP contribution in [0, 0.1) is 0 Å². The molecule has 0 aliphatic carbocycles. The topological polar surface area (TPSA) is 40.1 Å². The fourth-order valence-corrected chi connectivity index (χ4v) is 0.708. The van der Waals surface area contributed by atoms with Crippen molar-refractivity contribution in [2.75, 3.05) is 0 Å². The van der Waals surface area contributed by atoms with Crippen molar-refractivity contribution in [3.8, 4) is 0 Å². The molecule has 2 nitrogen and oxygen atoms in total. The van der Waals surface area contributed by atoms with Gasteiger partial charge in [-0.3, -0.25) is 4.21 Å². The SMILES string of the molecule is C=C/C(=C\C=C/C)S(=O)[O-]. The molecular formula is C7H9O2S-. The van der Waals surface area contributed by atoms with Crippen molar-refractivity contribution in [2.45, 2.75) is 6.92 Å². The average molecular weight is 157 g/mol. The van der Waals surface area contributed by atoms with Crippen LogP contribution in [0.5, 0.6) is 0 Å². The lowest BCUT2D eigenvalue weighted by molar-refractivity contribution is 0.544. The van der Waals surface area contributed by atoms with E-state index in [4.69, 9.17) is 0 Å². The summed E-state index contributed by atoms with van der Waals surface area (Å²) in [6, 6.07) is 0. The van der Waals surface area contributed by atoms with Gasteiger partial charge in [-0.15, -0.1) is 0 Å². The average Bonchev–Trinajstić information content (AvgIpc) is 1.89. The van der Waals surface area contributed by atoms with Crippen molar-refractivity contribution in [3.63, 3.8) is 0 Å². The Balaban J connectivity index is 4.33. The van der Waals surface area contributed by atoms with Gasteiger partial charge >= 0.3 is 0 Å². The van der Waals surface area contributed by atoms with Gasteiger partial charge in [-0.25, -0.2) is 0 Å². The minimum atomic E-state index is -2.16. The van der Waals surface area contributed by atoms with E-state index < -0.39 is 11.1 Å². The summed E-state index contributed by atoms with van der Waals surface area (Å²) in [4.78, 5) is 0.207. The Morgan fingerprint density at radius 2 is 2.30 bits per heavy atom. The zero-order valence-electron chi connectivity index (χ0n) is 5.74. The maximum Gasteiger partial charge on any atom is 0.0242 e. The zero-order chi connectivity index (χ0) is 7.98. The maximum atomic E-state index is 10.3. The molecule has 0 heterocycles. The Morgan fingerprint density at radius 3 is 2.60 bits per heavy atom. The molecule has 3 heteroatoms. The van der Waals surface area contributed by atoms with Gasteiger partial charge in [0.05, 0.1) is 0 Å². The molecule has 0 saturated heterocycles. The maximum absolute atomic E-state index is 10.3. The monoisotopic (exact) mass is 157 g/mol. The van der Waals surface area contributed by atoms with E-state index in [1.54, 1.807) is 12.2 Å². The Hall–Kier alpha value is -0.670. The second kappa shape index (κ2) is 5.14. The summed E-state index contributed by atoms with van der Waals surface area (Å²) in [5.74, 6) is 0. The number of rotatable bonds is 3. The van der Waals surface area contributed by atoms with Gasteiger partial charge in [0.15, 0.2) is 0 Å². The third-order valence-electron chi connectivity index (χ3n) is 0.847. The Kier molecular flexibility index (Phi) is 4.80. The Morgan fingerprint density at radius 1 is 1.70 bits per heavy atom. The van der Waals surface area contributed by atoms with Crippen molar-refractivity contribution in [2.24, 2.45) is 0 Å². The first-order valence-corrected chi connectivity index (χ1v) is 3.84. The molecule has 0 aliphatic heterocycles. The van der Waals surface area contributed by atoms with Crippen LogP contribution in [0.4, 0.5) is 0 Å². The summed E-state index contributed by atoms with van der Waals surface area (Å²) in [7, 11) is 0. The minimum Gasteiger partial charge on any atom is -0.768 e. The second-order valence-corrected chi connectivity index (χ2v) is 2.47. The molecule has 0 fully saturated rings. The van der Waals surface area contributed by atoms with Crippen molar-refractivity contribution in [1.29, 1.82) is 0 Å². The van der Waals surface area contributed by atoms with E-state index in [0.29, 0.717) is 0 Å². The number of hydrogen-bond acceptors (Lipinski definition) is 2. The van der Waals surface area contributed by atoms with Gasteiger partial charge in [-0.05, 0) is 24.1 Å². The van der Waals surface area contributed by atoms with Gasteiger partial charge in [0.1, 0.15) is 0 Å². The lowest BCUT2D eigenvalue weighted by Gasteiger charge is -2.02. The van der Waals surface area contributed by atoms with Crippen LogP contribution >= 0.6 is 0 Å². The number of allylic oxidation sites excluding steroid dienone is 4. The molecule has 0 saturated carbocycles. The Labute approximate surface area is 63.2 Å². The summed E-state index contributed by atoms with van der Waals surface area (Å²) >= 11 is -2.16. The lowest BCUT2D eigenvalue weighted by Crippen LogP contribution is -1.87. The molecule has 0 aromatic rings. The van der Waals surface area contributed by atoms with E-state index in [2.05, 4.69) is 6.58 Å². The predicted octanol–water partition coefficient (Wildman–Crippen LogP) is 1.51. The predicted molar refractivity (Wildman–Crippen MR) is 42.0 cm³/mol. The van der Waals surface area contributed by atoms with Crippen LogP contribution in [0.2, 0.25) is 0 Å². The van der Waals surface area contributed by atoms with Crippen LogP contribution in [-0.2, 0) is 11.1 Å². The van der Waals surface area contributed by atoms with Crippen LogP contribution in [0.3, 0.4) is 0 Å². The molecule has 0 amide bonds. The van der Waals surface area contributed by atoms with Gasteiger partial charge in [-0.2, -0.15) is 0 Å². The highest BCUT2D eigenvalue weighted by Gasteiger charge is 1.85. The van der Waals surface area contributed by atoms with Crippen LogP contribution in [0.1, 0.15) is 6.92 Å². The first-order chi connectivity index (χ1) is 4.72. The highest BCUT2D eigenvalue weighted by atomic mass is 32.2. The zero-order valence-corrected chi connectivity index (χ0v) is 6.56. The lowest BCUT2D eigenvalue weighted by atomic mass is 10.4. The van der Waals surface area contributed by atoms with E-state index >= 15 is 0 Å². The van der Waals surface area contributed by atoms with Crippen molar-refractivity contribution < 1.29 is 8.76 Å². The second-order valence-electron chi connectivity index (χ2n) is 1.53. The summed E-state index contributed by atoms with van der Waals surface area (Å²) < 4.78 is 20.5. The van der Waals surface area contributed by atoms with E-state index in [-0.39, 0.29) is 4.91 Å². The fraction of sp³-hybridized carbons (Fsp3) is 0.143. The van der Waals surface area contributed by atoms with Gasteiger partial charge in [0.2, 0.25) is 0 Å². The molecule has 56 valence electrons. The van der Waals surface area contributed by atoms with Gasteiger partial charge in [-0.1, -0.05) is 24.8 Å². The van der Waals surface area contributed by atoms with E-state index in [0.717, 1.165) is 0 Å². The quantitative estimate of drug-likeness (QED) is 0.460. The standard InChI is InChI=1S/C7H10O2S/c1-3-5-6-7(4-2)10(8)9/h3-6H,2H2,1H3,(H,8,9)/p-1/b5-3-,7-6+. The van der Waals surface area contributed by atoms with Crippen molar-refractivity contribution in [1.82, 2.24) is 0 Å². The summed E-state index contributed by atoms with van der Waals surface area (Å²) in [6.45, 7) is 5.15. The molecular weight excluding hydrogens is 148 g/mol. The summed E-state index contributed by atoms with van der Waals surface area (Å²) in [5.41, 5.74) is 0. The minimum absolute atomic E-state index is 0.207. The van der Waals surface area contributed by atoms with E-state index in [1.807, 2.05) is 6.92 Å². The fourth-order valence-electron chi connectivity index (χ4n) is 0.383. The molecule has 0 radical (unpaired) electrons.